The molecule has 2 aromatic rings. The summed E-state index contributed by atoms with van der Waals surface area (Å²) in [7, 11) is 0. The van der Waals surface area contributed by atoms with Crippen molar-refractivity contribution in [3.63, 3.8) is 0 Å². The molecule has 2 rings (SSSR count). The van der Waals surface area contributed by atoms with E-state index >= 15 is 0 Å². The lowest BCUT2D eigenvalue weighted by Crippen LogP contribution is -2.12. The summed E-state index contributed by atoms with van der Waals surface area (Å²) in [5.41, 5.74) is 2.66. The van der Waals surface area contributed by atoms with Crippen molar-refractivity contribution in [1.82, 2.24) is 0 Å². The quantitative estimate of drug-likeness (QED) is 0.789. The Labute approximate surface area is 123 Å². The van der Waals surface area contributed by atoms with Gasteiger partial charge in [-0.25, -0.2) is 0 Å². The Kier molecular flexibility index (Phi) is 4.73. The third-order valence-electron chi connectivity index (χ3n) is 3.56. The molecule has 2 atom stereocenters. The Bertz CT molecular complexity index is 622. The lowest BCUT2D eigenvalue weighted by atomic mass is 9.86. The minimum atomic E-state index is -1.04. The molecule has 0 spiro atoms. The molecule has 0 bridgehead atoms. The number of carboxylic acids is 1. The van der Waals surface area contributed by atoms with Crippen molar-refractivity contribution in [2.45, 2.75) is 18.9 Å². The van der Waals surface area contributed by atoms with Gasteiger partial charge in [0.05, 0.1) is 12.5 Å². The van der Waals surface area contributed by atoms with Gasteiger partial charge in [0.25, 0.3) is 0 Å². The van der Waals surface area contributed by atoms with E-state index in [0.717, 1.165) is 5.56 Å². The molecule has 0 aliphatic heterocycles. The number of aliphatic hydroxyl groups excluding tert-OH is 2. The number of aliphatic carboxylic acids is 1. The zero-order chi connectivity index (χ0) is 15.4. The molecular weight excluding hydrogens is 268 g/mol. The summed E-state index contributed by atoms with van der Waals surface area (Å²) in [4.78, 5) is 11.3. The Morgan fingerprint density at radius 3 is 2.24 bits per heavy atom. The molecule has 0 radical (unpaired) electrons. The van der Waals surface area contributed by atoms with Crippen LogP contribution in [0.1, 0.15) is 30.1 Å². The van der Waals surface area contributed by atoms with Crippen LogP contribution in [-0.4, -0.2) is 27.9 Å². The lowest BCUT2D eigenvalue weighted by molar-refractivity contribution is -0.138. The van der Waals surface area contributed by atoms with Crippen molar-refractivity contribution >= 4 is 5.97 Å². The molecule has 4 heteroatoms. The van der Waals surface area contributed by atoms with Crippen LogP contribution in [0.25, 0.3) is 11.1 Å². The maximum Gasteiger partial charge on any atom is 0.310 e. The second-order valence-electron chi connectivity index (χ2n) is 4.94. The standard InChI is InChI=1S/C17H18O4/c1-11(17(20)21)13-8-5-9-14(15(19)10-18)16(13)12-6-3-2-4-7-12/h2-9,11,15,18-19H,10H2,1H3,(H,20,21). The molecule has 0 aliphatic carbocycles. The van der Waals surface area contributed by atoms with Gasteiger partial charge in [-0.1, -0.05) is 48.5 Å². The second kappa shape index (κ2) is 6.52. The fourth-order valence-corrected chi connectivity index (χ4v) is 2.40. The van der Waals surface area contributed by atoms with E-state index in [-0.39, 0.29) is 0 Å². The van der Waals surface area contributed by atoms with Gasteiger partial charge in [-0.3, -0.25) is 4.79 Å². The van der Waals surface area contributed by atoms with Gasteiger partial charge in [-0.15, -0.1) is 0 Å². The number of rotatable bonds is 5. The zero-order valence-corrected chi connectivity index (χ0v) is 11.7. The third kappa shape index (κ3) is 3.12. The monoisotopic (exact) mass is 286 g/mol. The van der Waals surface area contributed by atoms with Crippen molar-refractivity contribution in [1.29, 1.82) is 0 Å². The van der Waals surface area contributed by atoms with Gasteiger partial charge in [0.1, 0.15) is 6.10 Å². The van der Waals surface area contributed by atoms with Gasteiger partial charge in [0.15, 0.2) is 0 Å². The van der Waals surface area contributed by atoms with Gasteiger partial charge < -0.3 is 15.3 Å². The molecule has 4 nitrogen and oxygen atoms in total. The molecule has 0 aliphatic rings. The van der Waals surface area contributed by atoms with Crippen LogP contribution in [0, 0.1) is 0 Å². The maximum absolute atomic E-state index is 11.3. The summed E-state index contributed by atoms with van der Waals surface area (Å²) in [6.45, 7) is 1.20. The summed E-state index contributed by atoms with van der Waals surface area (Å²) >= 11 is 0. The number of carboxylic acid groups (broad SMARTS) is 1. The molecule has 110 valence electrons. The highest BCUT2D eigenvalue weighted by Crippen LogP contribution is 2.35. The number of aliphatic hydroxyl groups is 2. The van der Waals surface area contributed by atoms with Gasteiger partial charge in [-0.2, -0.15) is 0 Å². The Morgan fingerprint density at radius 1 is 1.05 bits per heavy atom. The van der Waals surface area contributed by atoms with Crippen molar-refractivity contribution in [2.75, 3.05) is 6.61 Å². The molecule has 0 fully saturated rings. The summed E-state index contributed by atoms with van der Waals surface area (Å²) in [5, 5.41) is 28.5. The molecule has 0 saturated heterocycles. The minimum Gasteiger partial charge on any atom is -0.481 e. The largest absolute Gasteiger partial charge is 0.481 e. The van der Waals surface area contributed by atoms with E-state index in [9.17, 15) is 20.1 Å². The van der Waals surface area contributed by atoms with Crippen LogP contribution in [0.2, 0.25) is 0 Å². The number of carbonyl (C=O) groups is 1. The topological polar surface area (TPSA) is 77.8 Å². The summed E-state index contributed by atoms with van der Waals surface area (Å²) in [6, 6.07) is 14.5. The van der Waals surface area contributed by atoms with E-state index in [1.165, 1.54) is 0 Å². The average molecular weight is 286 g/mol. The van der Waals surface area contributed by atoms with Gasteiger partial charge >= 0.3 is 5.97 Å². The fourth-order valence-electron chi connectivity index (χ4n) is 2.40. The highest BCUT2D eigenvalue weighted by molar-refractivity contribution is 5.82. The highest BCUT2D eigenvalue weighted by Gasteiger charge is 2.22. The average Bonchev–Trinajstić information content (AvgIpc) is 2.53. The normalized spacial score (nSPS) is 13.7. The molecule has 3 N–H and O–H groups in total. The van der Waals surface area contributed by atoms with Crippen molar-refractivity contribution in [2.24, 2.45) is 0 Å². The van der Waals surface area contributed by atoms with Crippen molar-refractivity contribution in [3.8, 4) is 11.1 Å². The lowest BCUT2D eigenvalue weighted by Gasteiger charge is -2.20. The Morgan fingerprint density at radius 2 is 1.67 bits per heavy atom. The van der Waals surface area contributed by atoms with Crippen LogP contribution in [0.15, 0.2) is 48.5 Å². The number of hydrogen-bond donors (Lipinski definition) is 3. The molecule has 0 heterocycles. The second-order valence-corrected chi connectivity index (χ2v) is 4.94. The van der Waals surface area contributed by atoms with Crippen LogP contribution in [0.5, 0.6) is 0 Å². The van der Waals surface area contributed by atoms with Gasteiger partial charge in [-0.05, 0) is 29.2 Å². The third-order valence-corrected chi connectivity index (χ3v) is 3.56. The summed E-state index contributed by atoms with van der Waals surface area (Å²) in [5.74, 6) is -1.63. The molecule has 2 unspecified atom stereocenters. The van der Waals surface area contributed by atoms with E-state index in [1.54, 1.807) is 25.1 Å². The van der Waals surface area contributed by atoms with Crippen LogP contribution in [-0.2, 0) is 4.79 Å². The first-order valence-corrected chi connectivity index (χ1v) is 6.76. The molecule has 21 heavy (non-hydrogen) atoms. The van der Waals surface area contributed by atoms with E-state index in [4.69, 9.17) is 0 Å². The summed E-state index contributed by atoms with van der Waals surface area (Å²) < 4.78 is 0. The maximum atomic E-state index is 11.3. The van der Waals surface area contributed by atoms with E-state index in [2.05, 4.69) is 0 Å². The summed E-state index contributed by atoms with van der Waals surface area (Å²) in [6.07, 6.45) is -1.04. The molecule has 0 amide bonds. The number of hydrogen-bond acceptors (Lipinski definition) is 3. The first kappa shape index (κ1) is 15.2. The molecule has 2 aromatic carbocycles. The van der Waals surface area contributed by atoms with Crippen molar-refractivity contribution in [3.05, 3.63) is 59.7 Å². The Balaban J connectivity index is 2.69. The predicted octanol–water partition coefficient (Wildman–Crippen LogP) is 2.57. The van der Waals surface area contributed by atoms with Crippen molar-refractivity contribution < 1.29 is 20.1 Å². The van der Waals surface area contributed by atoms with E-state index < -0.39 is 24.6 Å². The van der Waals surface area contributed by atoms with Gasteiger partial charge in [0.2, 0.25) is 0 Å². The highest BCUT2D eigenvalue weighted by atomic mass is 16.4. The van der Waals surface area contributed by atoms with E-state index in [1.807, 2.05) is 30.3 Å². The smallest absolute Gasteiger partial charge is 0.310 e. The first-order chi connectivity index (χ1) is 10.1. The number of benzene rings is 2. The van der Waals surface area contributed by atoms with E-state index in [0.29, 0.717) is 16.7 Å². The van der Waals surface area contributed by atoms with Crippen LogP contribution < -0.4 is 0 Å². The fraction of sp³-hybridized carbons (Fsp3) is 0.235. The SMILES string of the molecule is CC(C(=O)O)c1cccc(C(O)CO)c1-c1ccccc1. The predicted molar refractivity (Wildman–Crippen MR) is 80.0 cm³/mol. The first-order valence-electron chi connectivity index (χ1n) is 6.76. The molecular formula is C17H18O4. The zero-order valence-electron chi connectivity index (χ0n) is 11.7. The minimum absolute atomic E-state index is 0.412. The van der Waals surface area contributed by atoms with Crippen LogP contribution in [0.3, 0.4) is 0 Å². The van der Waals surface area contributed by atoms with Gasteiger partial charge in [0, 0.05) is 0 Å². The van der Waals surface area contributed by atoms with Crippen LogP contribution in [0.4, 0.5) is 0 Å². The molecule has 0 aromatic heterocycles. The van der Waals surface area contributed by atoms with Crippen LogP contribution >= 0.6 is 0 Å². The Hall–Kier alpha value is -2.17. The molecule has 0 saturated carbocycles.